The molecule has 0 aliphatic heterocycles. The second-order valence-corrected chi connectivity index (χ2v) is 10.7. The molecule has 0 aliphatic rings. The molecule has 0 bridgehead atoms. The number of hydrogen-bond acceptors (Lipinski definition) is 10. The van der Waals surface area contributed by atoms with Crippen molar-refractivity contribution >= 4 is 33.4 Å². The fraction of sp³-hybridized carbons (Fsp3) is 0.350. The number of Topliss-reactive ketones (excluding diaryl/α,β-unsaturated/α-hetero) is 2. The normalized spacial score (nSPS) is 10.5. The number of nitrogens with zero attached hydrogens (tertiary/aromatic N) is 2. The second kappa shape index (κ2) is 23.6. The first-order chi connectivity index (χ1) is 24.4. The van der Waals surface area contributed by atoms with E-state index < -0.39 is 0 Å². The average molecular weight is 685 g/mol. The van der Waals surface area contributed by atoms with Gasteiger partial charge in [0.1, 0.15) is 24.7 Å². The molecular formula is C40H48N2O8. The van der Waals surface area contributed by atoms with Gasteiger partial charge in [0.15, 0.2) is 11.6 Å². The summed E-state index contributed by atoms with van der Waals surface area (Å²) in [5, 5.41) is 2.28. The van der Waals surface area contributed by atoms with Crippen molar-refractivity contribution in [3.8, 4) is 11.5 Å². The number of benzene rings is 3. The first-order valence-electron chi connectivity index (χ1n) is 16.8. The van der Waals surface area contributed by atoms with E-state index in [9.17, 15) is 9.59 Å². The number of ether oxygens (including phenoxy) is 6. The molecule has 266 valence electrons. The Labute approximate surface area is 294 Å². The minimum absolute atomic E-state index is 0.0563. The Balaban J connectivity index is 0.000000204. The lowest BCUT2D eigenvalue weighted by atomic mass is 10.1. The molecule has 0 fully saturated rings. The minimum Gasteiger partial charge on any atom is -0.491 e. The van der Waals surface area contributed by atoms with Crippen LogP contribution in [-0.4, -0.2) is 87.6 Å². The van der Waals surface area contributed by atoms with Crippen LogP contribution in [0.5, 0.6) is 11.5 Å². The summed E-state index contributed by atoms with van der Waals surface area (Å²) in [5.74, 6) is 1.60. The topological polar surface area (TPSA) is 115 Å². The zero-order chi connectivity index (χ0) is 35.8. The first kappa shape index (κ1) is 39.7. The van der Waals surface area contributed by atoms with Crippen LogP contribution in [-0.2, 0) is 18.9 Å². The molecule has 2 aromatic heterocycles. The maximum absolute atomic E-state index is 11.1. The van der Waals surface area contributed by atoms with Gasteiger partial charge in [0.2, 0.25) is 0 Å². The van der Waals surface area contributed by atoms with E-state index in [0.29, 0.717) is 77.2 Å². The molecule has 0 amide bonds. The number of fused-ring (bicyclic) bond motifs is 3. The van der Waals surface area contributed by atoms with Crippen LogP contribution in [0.3, 0.4) is 0 Å². The lowest BCUT2D eigenvalue weighted by molar-refractivity contribution is 0.0405. The van der Waals surface area contributed by atoms with Gasteiger partial charge in [-0.3, -0.25) is 19.6 Å². The highest BCUT2D eigenvalue weighted by molar-refractivity contribution is 6.02. The molecule has 2 heterocycles. The summed E-state index contributed by atoms with van der Waals surface area (Å²) < 4.78 is 31.8. The van der Waals surface area contributed by atoms with Crippen molar-refractivity contribution in [2.24, 2.45) is 0 Å². The third-order valence-corrected chi connectivity index (χ3v) is 7.01. The van der Waals surface area contributed by atoms with E-state index in [1.165, 1.54) is 0 Å². The van der Waals surface area contributed by atoms with E-state index in [1.807, 2.05) is 26.0 Å². The maximum Gasteiger partial charge on any atom is 0.159 e. The number of ketones is 2. The van der Waals surface area contributed by atoms with Gasteiger partial charge in [0, 0.05) is 47.5 Å². The van der Waals surface area contributed by atoms with Gasteiger partial charge >= 0.3 is 0 Å². The number of hydrogen-bond donors (Lipinski definition) is 0. The van der Waals surface area contributed by atoms with Crippen LogP contribution >= 0.6 is 0 Å². The monoisotopic (exact) mass is 684 g/mol. The van der Waals surface area contributed by atoms with E-state index in [-0.39, 0.29) is 11.6 Å². The van der Waals surface area contributed by atoms with Crippen molar-refractivity contribution in [2.75, 3.05) is 66.1 Å². The maximum atomic E-state index is 11.1. The molecule has 0 aliphatic carbocycles. The fourth-order valence-corrected chi connectivity index (χ4v) is 4.42. The molecule has 10 heteroatoms. The summed E-state index contributed by atoms with van der Waals surface area (Å²) in [7, 11) is 0. The van der Waals surface area contributed by atoms with Gasteiger partial charge in [-0.05, 0) is 88.4 Å². The minimum atomic E-state index is 0.0563. The van der Waals surface area contributed by atoms with E-state index in [4.69, 9.17) is 28.4 Å². The fourth-order valence-electron chi connectivity index (χ4n) is 4.42. The Bertz CT molecular complexity index is 1570. The molecule has 0 saturated carbocycles. The number of pyridine rings is 2. The smallest absolute Gasteiger partial charge is 0.159 e. The highest BCUT2D eigenvalue weighted by atomic mass is 16.5. The predicted octanol–water partition coefficient (Wildman–Crippen LogP) is 7.43. The number of carbonyl (C=O) groups excluding carboxylic acids is 2. The standard InChI is InChI=1S/2C14H20O4.C12H8N2/c2*1-3-16-8-9-17-10-11-18-14-6-4-13(5-7-14)12(2)15;1-3-9-5-6-10-4-2-8-14-12(10)11(9)13-7-1/h2*4-7H,3,8-11H2,1-2H3;1-8H. The van der Waals surface area contributed by atoms with E-state index in [0.717, 1.165) is 33.3 Å². The first-order valence-corrected chi connectivity index (χ1v) is 16.8. The molecule has 5 aromatic rings. The van der Waals surface area contributed by atoms with Gasteiger partial charge in [-0.25, -0.2) is 0 Å². The van der Waals surface area contributed by atoms with Gasteiger partial charge in [-0.2, -0.15) is 0 Å². The largest absolute Gasteiger partial charge is 0.491 e. The molecule has 0 saturated heterocycles. The van der Waals surface area contributed by atoms with Gasteiger partial charge in [-0.15, -0.1) is 0 Å². The third-order valence-electron chi connectivity index (χ3n) is 7.01. The Morgan fingerprint density at radius 3 is 1.20 bits per heavy atom. The molecule has 0 unspecified atom stereocenters. The summed E-state index contributed by atoms with van der Waals surface area (Å²) in [6.07, 6.45) is 3.60. The van der Waals surface area contributed by atoms with Crippen LogP contribution < -0.4 is 9.47 Å². The van der Waals surface area contributed by atoms with Crippen molar-refractivity contribution < 1.29 is 38.0 Å². The van der Waals surface area contributed by atoms with Gasteiger partial charge < -0.3 is 28.4 Å². The van der Waals surface area contributed by atoms with Crippen LogP contribution in [0.15, 0.2) is 97.3 Å². The lowest BCUT2D eigenvalue weighted by Crippen LogP contribution is -2.10. The van der Waals surface area contributed by atoms with E-state index in [1.54, 1.807) is 74.8 Å². The lowest BCUT2D eigenvalue weighted by Gasteiger charge is -2.07. The summed E-state index contributed by atoms with van der Waals surface area (Å²) in [6, 6.07) is 26.3. The number of rotatable bonds is 18. The second-order valence-electron chi connectivity index (χ2n) is 10.7. The SMILES string of the molecule is CCOCCOCCOc1ccc(C(C)=O)cc1.CCOCCOCCOc1ccc(C(C)=O)cc1.c1cnc2c(c1)ccc1cccnc12. The van der Waals surface area contributed by atoms with Crippen LogP contribution in [0, 0.1) is 0 Å². The van der Waals surface area contributed by atoms with Gasteiger partial charge in [0.05, 0.1) is 50.7 Å². The molecule has 10 nitrogen and oxygen atoms in total. The van der Waals surface area contributed by atoms with E-state index >= 15 is 0 Å². The quantitative estimate of drug-likeness (QED) is 0.0524. The summed E-state index contributed by atoms with van der Waals surface area (Å²) in [5.41, 5.74) is 3.34. The Morgan fingerprint density at radius 1 is 0.480 bits per heavy atom. The zero-order valence-electron chi connectivity index (χ0n) is 29.5. The Hall–Kier alpha value is -4.74. The molecule has 50 heavy (non-hydrogen) atoms. The zero-order valence-corrected chi connectivity index (χ0v) is 29.5. The molecule has 5 rings (SSSR count). The molecule has 0 atom stereocenters. The Kier molecular flexibility index (Phi) is 18.7. The molecule has 0 spiro atoms. The van der Waals surface area contributed by atoms with E-state index in [2.05, 4.69) is 34.2 Å². The summed E-state index contributed by atoms with van der Waals surface area (Å²) in [4.78, 5) is 30.8. The Morgan fingerprint density at radius 2 is 0.840 bits per heavy atom. The molecular weight excluding hydrogens is 636 g/mol. The highest BCUT2D eigenvalue weighted by Crippen LogP contribution is 2.20. The van der Waals surface area contributed by atoms with Gasteiger partial charge in [0.25, 0.3) is 0 Å². The number of carbonyl (C=O) groups is 2. The number of aromatic nitrogens is 2. The molecule has 0 N–H and O–H groups in total. The van der Waals surface area contributed by atoms with Crippen LogP contribution in [0.4, 0.5) is 0 Å². The average Bonchev–Trinajstić information content (AvgIpc) is 3.15. The predicted molar refractivity (Wildman–Crippen MR) is 196 cm³/mol. The molecule has 3 aromatic carbocycles. The van der Waals surface area contributed by atoms with Gasteiger partial charge in [-0.1, -0.05) is 24.3 Å². The van der Waals surface area contributed by atoms with Crippen molar-refractivity contribution in [1.82, 2.24) is 9.97 Å². The molecule has 0 radical (unpaired) electrons. The summed E-state index contributed by atoms with van der Waals surface area (Å²) in [6.45, 7) is 12.9. The van der Waals surface area contributed by atoms with Crippen molar-refractivity contribution in [3.05, 3.63) is 108 Å². The van der Waals surface area contributed by atoms with Crippen LogP contribution in [0.2, 0.25) is 0 Å². The van der Waals surface area contributed by atoms with Crippen molar-refractivity contribution in [2.45, 2.75) is 27.7 Å². The van der Waals surface area contributed by atoms with Crippen molar-refractivity contribution in [1.29, 1.82) is 0 Å². The van der Waals surface area contributed by atoms with Crippen LogP contribution in [0.25, 0.3) is 21.8 Å². The summed E-state index contributed by atoms with van der Waals surface area (Å²) >= 11 is 0. The van der Waals surface area contributed by atoms with Crippen LogP contribution in [0.1, 0.15) is 48.4 Å². The van der Waals surface area contributed by atoms with Crippen molar-refractivity contribution in [3.63, 3.8) is 0 Å². The highest BCUT2D eigenvalue weighted by Gasteiger charge is 2.02. The third kappa shape index (κ3) is 14.8.